The van der Waals surface area contributed by atoms with Gasteiger partial charge in [-0.05, 0) is 71.5 Å². The summed E-state index contributed by atoms with van der Waals surface area (Å²) in [7, 11) is 0. The van der Waals surface area contributed by atoms with Gasteiger partial charge in [-0.25, -0.2) is 14.6 Å². The van der Waals surface area contributed by atoms with Crippen LogP contribution in [0, 0.1) is 0 Å². The molecule has 0 saturated heterocycles. The monoisotopic (exact) mass is 578 g/mol. The second-order valence-corrected chi connectivity index (χ2v) is 11.1. The number of aromatic amines is 1. The summed E-state index contributed by atoms with van der Waals surface area (Å²) in [6.45, 7) is 4.60. The number of ether oxygens (including phenoxy) is 1. The summed E-state index contributed by atoms with van der Waals surface area (Å²) in [5.74, 6) is 0.0960. The van der Waals surface area contributed by atoms with E-state index in [1.807, 2.05) is 28.9 Å². The van der Waals surface area contributed by atoms with Crippen LogP contribution in [0.25, 0.3) is 22.5 Å². The van der Waals surface area contributed by atoms with Crippen molar-refractivity contribution in [1.29, 1.82) is 0 Å². The van der Waals surface area contributed by atoms with Gasteiger partial charge < -0.3 is 9.84 Å². The van der Waals surface area contributed by atoms with Crippen molar-refractivity contribution in [3.8, 4) is 28.3 Å². The van der Waals surface area contributed by atoms with E-state index in [9.17, 15) is 14.7 Å². The van der Waals surface area contributed by atoms with Gasteiger partial charge in [-0.2, -0.15) is 0 Å². The van der Waals surface area contributed by atoms with E-state index in [0.717, 1.165) is 59.2 Å². The first kappa shape index (κ1) is 28.1. The maximum absolute atomic E-state index is 14.1. The predicted octanol–water partition coefficient (Wildman–Crippen LogP) is 5.71. The minimum atomic E-state index is -1.000. The molecule has 2 N–H and O–H groups in total. The fourth-order valence-corrected chi connectivity index (χ4v) is 6.09. The van der Waals surface area contributed by atoms with Gasteiger partial charge in [0.05, 0.1) is 11.6 Å². The molecule has 220 valence electrons. The van der Waals surface area contributed by atoms with Gasteiger partial charge in [0.25, 0.3) is 5.56 Å². The van der Waals surface area contributed by atoms with E-state index in [4.69, 9.17) is 4.74 Å². The molecule has 10 heteroatoms. The average Bonchev–Trinajstić information content (AvgIpc) is 3.66. The van der Waals surface area contributed by atoms with E-state index in [1.54, 1.807) is 12.1 Å². The second-order valence-electron chi connectivity index (χ2n) is 11.1. The number of aromatic carboxylic acids is 1. The number of hydrogen-bond donors (Lipinski definition) is 2. The van der Waals surface area contributed by atoms with Crippen molar-refractivity contribution >= 4 is 5.97 Å². The number of benzene rings is 3. The highest BCUT2D eigenvalue weighted by atomic mass is 16.5. The third-order valence-corrected chi connectivity index (χ3v) is 8.19. The van der Waals surface area contributed by atoms with Crippen molar-refractivity contribution < 1.29 is 14.6 Å². The summed E-state index contributed by atoms with van der Waals surface area (Å²) in [5.41, 5.74) is 6.15. The number of carboxylic acids is 1. The highest BCUT2D eigenvalue weighted by Gasteiger charge is 2.31. The number of nitrogens with zero attached hydrogens (tertiary/aromatic N) is 5. The molecule has 0 saturated carbocycles. The van der Waals surface area contributed by atoms with Crippen molar-refractivity contribution in [3.05, 3.63) is 106 Å². The third kappa shape index (κ3) is 5.60. The molecule has 0 amide bonds. The van der Waals surface area contributed by atoms with E-state index in [-0.39, 0.29) is 23.2 Å². The highest BCUT2D eigenvalue weighted by molar-refractivity contribution is 5.88. The Morgan fingerprint density at radius 1 is 1.02 bits per heavy atom. The van der Waals surface area contributed by atoms with Crippen LogP contribution in [0.5, 0.6) is 5.75 Å². The zero-order valence-corrected chi connectivity index (χ0v) is 24.2. The topological polar surface area (TPSA) is 128 Å². The lowest BCUT2D eigenvalue weighted by atomic mass is 9.96. The van der Waals surface area contributed by atoms with Crippen LogP contribution in [0.15, 0.2) is 77.6 Å². The minimum Gasteiger partial charge on any atom is -0.491 e. The molecule has 43 heavy (non-hydrogen) atoms. The van der Waals surface area contributed by atoms with E-state index in [1.165, 1.54) is 12.1 Å². The van der Waals surface area contributed by atoms with E-state index >= 15 is 0 Å². The Bertz CT molecular complexity index is 1790. The summed E-state index contributed by atoms with van der Waals surface area (Å²) in [5, 5.41) is 23.7. The second kappa shape index (κ2) is 12.1. The quantitative estimate of drug-likeness (QED) is 0.217. The molecule has 5 aromatic rings. The molecule has 6 rings (SSSR count). The van der Waals surface area contributed by atoms with Crippen molar-refractivity contribution in [2.45, 2.75) is 58.0 Å². The number of tetrazole rings is 1. The fraction of sp³-hybridized carbons (Fsp3) is 0.303. The Kier molecular flexibility index (Phi) is 7.91. The number of nitrogens with one attached hydrogen (secondary N) is 1. The van der Waals surface area contributed by atoms with Crippen LogP contribution in [-0.4, -0.2) is 47.7 Å². The molecule has 3 aromatic carbocycles. The zero-order chi connectivity index (χ0) is 29.9. The van der Waals surface area contributed by atoms with Crippen molar-refractivity contribution in [3.63, 3.8) is 0 Å². The smallest absolute Gasteiger partial charge is 0.335 e. The van der Waals surface area contributed by atoms with E-state index < -0.39 is 5.97 Å². The lowest BCUT2D eigenvalue weighted by Gasteiger charge is -2.32. The maximum Gasteiger partial charge on any atom is 0.335 e. The third-order valence-electron chi connectivity index (χ3n) is 8.19. The Balaban J connectivity index is 1.29. The number of rotatable bonds is 10. The number of hydrogen-bond acceptors (Lipinski definition) is 6. The number of carbonyl (C=O) groups is 1. The largest absolute Gasteiger partial charge is 0.491 e. The molecule has 10 nitrogen and oxygen atoms in total. The van der Waals surface area contributed by atoms with Gasteiger partial charge in [0.2, 0.25) is 0 Å². The average molecular weight is 579 g/mol. The molecule has 2 atom stereocenters. The summed E-state index contributed by atoms with van der Waals surface area (Å²) in [6, 6.07) is 22.8. The van der Waals surface area contributed by atoms with Gasteiger partial charge >= 0.3 is 5.97 Å². The Morgan fingerprint density at radius 3 is 2.53 bits per heavy atom. The summed E-state index contributed by atoms with van der Waals surface area (Å²) < 4.78 is 10.1. The summed E-state index contributed by atoms with van der Waals surface area (Å²) >= 11 is 0. The first-order chi connectivity index (χ1) is 20.9. The van der Waals surface area contributed by atoms with Crippen LogP contribution in [0.2, 0.25) is 0 Å². The van der Waals surface area contributed by atoms with Gasteiger partial charge in [0.1, 0.15) is 12.4 Å². The van der Waals surface area contributed by atoms with E-state index in [0.29, 0.717) is 24.6 Å². The first-order valence-corrected chi connectivity index (χ1v) is 14.7. The van der Waals surface area contributed by atoms with Crippen molar-refractivity contribution in [1.82, 2.24) is 30.0 Å². The van der Waals surface area contributed by atoms with Crippen LogP contribution < -0.4 is 10.3 Å². The van der Waals surface area contributed by atoms with Crippen LogP contribution in [0.4, 0.5) is 0 Å². The molecular formula is C33H34N6O4. The van der Waals surface area contributed by atoms with Gasteiger partial charge in [-0.1, -0.05) is 67.9 Å². The van der Waals surface area contributed by atoms with Crippen molar-refractivity contribution in [2.24, 2.45) is 0 Å². The molecule has 0 aliphatic carbocycles. The summed E-state index contributed by atoms with van der Waals surface area (Å²) in [6.07, 6.45) is 4.02. The minimum absolute atomic E-state index is 0.0233. The lowest BCUT2D eigenvalue weighted by Crippen LogP contribution is -2.37. The molecule has 2 aromatic heterocycles. The molecule has 1 aliphatic rings. The molecular weight excluding hydrogens is 544 g/mol. The lowest BCUT2D eigenvalue weighted by molar-refractivity contribution is 0.0696. The van der Waals surface area contributed by atoms with Gasteiger partial charge in [0.15, 0.2) is 5.82 Å². The molecule has 0 radical (unpaired) electrons. The molecule has 3 heterocycles. The first-order valence-electron chi connectivity index (χ1n) is 14.7. The molecule has 0 fully saturated rings. The van der Waals surface area contributed by atoms with Crippen LogP contribution >= 0.6 is 0 Å². The zero-order valence-electron chi connectivity index (χ0n) is 24.2. The SMILES string of the molecule is CCCc1c(Cc2ccc(-c3ccccc3-c3nnn[nH]3)cc2)c(=O)n2n1C(C)CCC2COc1cccc(C(=O)O)c1. The normalized spacial score (nSPS) is 16.1. The number of fused-ring (bicyclic) bond motifs is 1. The van der Waals surface area contributed by atoms with Gasteiger partial charge in [-0.15, -0.1) is 5.10 Å². The van der Waals surface area contributed by atoms with E-state index in [2.05, 4.69) is 63.4 Å². The molecule has 0 bridgehead atoms. The predicted molar refractivity (Wildman–Crippen MR) is 162 cm³/mol. The summed E-state index contributed by atoms with van der Waals surface area (Å²) in [4.78, 5) is 25.5. The maximum atomic E-state index is 14.1. The number of aromatic nitrogens is 6. The Morgan fingerprint density at radius 2 is 1.81 bits per heavy atom. The number of H-pyrrole nitrogens is 1. The van der Waals surface area contributed by atoms with Crippen LogP contribution in [0.1, 0.15) is 72.4 Å². The Hall–Kier alpha value is -4.99. The van der Waals surface area contributed by atoms with Gasteiger partial charge in [-0.3, -0.25) is 9.48 Å². The fourth-order valence-electron chi connectivity index (χ4n) is 6.09. The highest BCUT2D eigenvalue weighted by Crippen LogP contribution is 2.33. The van der Waals surface area contributed by atoms with Crippen LogP contribution in [0.3, 0.4) is 0 Å². The Labute approximate surface area is 248 Å². The van der Waals surface area contributed by atoms with Gasteiger partial charge in [0, 0.05) is 29.3 Å². The van der Waals surface area contributed by atoms with Crippen LogP contribution in [-0.2, 0) is 12.8 Å². The molecule has 0 spiro atoms. The molecule has 1 aliphatic heterocycles. The molecule has 2 unspecified atom stereocenters. The standard InChI is InChI=1S/C33H34N6O4/c1-3-7-30-29(18-22-13-15-23(16-14-22)27-10-4-5-11-28(27)31-34-36-37-35-31)32(40)39-25(17-12-21(2)38(30)39)20-43-26-9-6-8-24(19-26)33(41)42/h4-6,8-11,13-16,19,21,25H,3,7,12,17-18,20H2,1-2H3,(H,41,42)(H,34,35,36,37). The van der Waals surface area contributed by atoms with Crippen molar-refractivity contribution in [2.75, 3.05) is 6.61 Å². The number of carboxylic acid groups (broad SMARTS) is 1.